The van der Waals surface area contributed by atoms with Crippen LogP contribution in [0.5, 0.6) is 5.75 Å². The maximum absolute atomic E-state index is 5.53. The van der Waals surface area contributed by atoms with E-state index in [2.05, 4.69) is 44.3 Å². The number of hydrogen-bond acceptors (Lipinski definition) is 2. The van der Waals surface area contributed by atoms with E-state index >= 15 is 0 Å². The van der Waals surface area contributed by atoms with Crippen molar-refractivity contribution in [3.8, 4) is 5.75 Å². The molecule has 1 unspecified atom stereocenters. The van der Waals surface area contributed by atoms with Crippen LogP contribution in [-0.2, 0) is 6.42 Å². The monoisotopic (exact) mass is 261 g/mol. The highest BCUT2D eigenvalue weighted by Crippen LogP contribution is 2.33. The highest BCUT2D eigenvalue weighted by Gasteiger charge is 2.34. The van der Waals surface area contributed by atoms with Crippen molar-refractivity contribution in [2.45, 2.75) is 52.0 Å². The molecule has 1 aliphatic rings. The summed E-state index contributed by atoms with van der Waals surface area (Å²) < 4.78 is 5.53. The fourth-order valence-corrected chi connectivity index (χ4v) is 3.46. The quantitative estimate of drug-likeness (QED) is 0.872. The summed E-state index contributed by atoms with van der Waals surface area (Å²) in [6, 6.07) is 6.50. The van der Waals surface area contributed by atoms with Gasteiger partial charge in [0.1, 0.15) is 5.75 Å². The molecule has 0 radical (unpaired) electrons. The third-order valence-corrected chi connectivity index (χ3v) is 4.10. The average Bonchev–Trinajstić information content (AvgIpc) is 2.76. The zero-order valence-corrected chi connectivity index (χ0v) is 12.8. The molecule has 2 rings (SSSR count). The third-order valence-electron chi connectivity index (χ3n) is 4.10. The second-order valence-corrected chi connectivity index (χ2v) is 6.40. The Balaban J connectivity index is 2.24. The van der Waals surface area contributed by atoms with Gasteiger partial charge in [-0.1, -0.05) is 31.5 Å². The van der Waals surface area contributed by atoms with Gasteiger partial charge < -0.3 is 10.1 Å². The van der Waals surface area contributed by atoms with Gasteiger partial charge in [0.05, 0.1) is 7.11 Å². The Morgan fingerprint density at radius 1 is 1.37 bits per heavy atom. The maximum atomic E-state index is 5.53. The van der Waals surface area contributed by atoms with Crippen LogP contribution in [0.1, 0.15) is 44.2 Å². The van der Waals surface area contributed by atoms with Gasteiger partial charge >= 0.3 is 0 Å². The number of rotatable bonds is 5. The molecule has 1 atom stereocenters. The standard InChI is InChI=1S/C17H27NO/c1-13(2)11-17(8-5-9-18-17)12-15-10-14(3)6-7-16(15)19-4/h6-7,10,13,18H,5,8-9,11-12H2,1-4H3. The zero-order chi connectivity index (χ0) is 13.9. The van der Waals surface area contributed by atoms with E-state index in [0.29, 0.717) is 0 Å². The molecular weight excluding hydrogens is 234 g/mol. The van der Waals surface area contributed by atoms with Crippen molar-refractivity contribution >= 4 is 0 Å². The molecule has 1 N–H and O–H groups in total. The lowest BCUT2D eigenvalue weighted by atomic mass is 9.81. The van der Waals surface area contributed by atoms with Crippen LogP contribution >= 0.6 is 0 Å². The molecule has 0 amide bonds. The first-order valence-corrected chi connectivity index (χ1v) is 7.43. The van der Waals surface area contributed by atoms with E-state index in [4.69, 9.17) is 4.74 Å². The summed E-state index contributed by atoms with van der Waals surface area (Å²) in [5.74, 6) is 1.75. The lowest BCUT2D eigenvalue weighted by molar-refractivity contribution is 0.297. The minimum absolute atomic E-state index is 0.273. The number of nitrogens with one attached hydrogen (secondary N) is 1. The first-order valence-electron chi connectivity index (χ1n) is 7.43. The summed E-state index contributed by atoms with van der Waals surface area (Å²) in [4.78, 5) is 0. The minimum atomic E-state index is 0.273. The van der Waals surface area contributed by atoms with Crippen molar-refractivity contribution in [1.29, 1.82) is 0 Å². The fraction of sp³-hybridized carbons (Fsp3) is 0.647. The third kappa shape index (κ3) is 3.50. The molecule has 1 aromatic rings. The van der Waals surface area contributed by atoms with Crippen molar-refractivity contribution in [3.05, 3.63) is 29.3 Å². The van der Waals surface area contributed by atoms with E-state index in [1.807, 2.05) is 0 Å². The molecule has 2 nitrogen and oxygen atoms in total. The molecule has 1 fully saturated rings. The smallest absolute Gasteiger partial charge is 0.122 e. The predicted octanol–water partition coefficient (Wildman–Crippen LogP) is 3.71. The lowest BCUT2D eigenvalue weighted by Gasteiger charge is -2.32. The van der Waals surface area contributed by atoms with Crippen LogP contribution in [0.3, 0.4) is 0 Å². The van der Waals surface area contributed by atoms with Gasteiger partial charge in [-0.2, -0.15) is 0 Å². The second kappa shape index (κ2) is 5.96. The van der Waals surface area contributed by atoms with Crippen molar-refractivity contribution in [2.75, 3.05) is 13.7 Å². The summed E-state index contributed by atoms with van der Waals surface area (Å²) in [6.45, 7) is 7.94. The van der Waals surface area contributed by atoms with Crippen molar-refractivity contribution in [1.82, 2.24) is 5.32 Å². The Kier molecular flexibility index (Phi) is 4.51. The normalized spacial score (nSPS) is 23.0. The molecular formula is C17H27NO. The summed E-state index contributed by atoms with van der Waals surface area (Å²) in [5.41, 5.74) is 2.93. The molecule has 1 aliphatic heterocycles. The zero-order valence-electron chi connectivity index (χ0n) is 12.8. The van der Waals surface area contributed by atoms with Gasteiger partial charge in [-0.15, -0.1) is 0 Å². The Labute approximate surface area is 117 Å². The average molecular weight is 261 g/mol. The van der Waals surface area contributed by atoms with Crippen LogP contribution in [0.15, 0.2) is 18.2 Å². The second-order valence-electron chi connectivity index (χ2n) is 6.40. The van der Waals surface area contributed by atoms with E-state index in [0.717, 1.165) is 24.6 Å². The fourth-order valence-electron chi connectivity index (χ4n) is 3.46. The molecule has 1 saturated heterocycles. The van der Waals surface area contributed by atoms with Gasteiger partial charge in [0.2, 0.25) is 0 Å². The van der Waals surface area contributed by atoms with Gasteiger partial charge in [0.25, 0.3) is 0 Å². The molecule has 1 aromatic carbocycles. The first kappa shape index (κ1) is 14.4. The summed E-state index contributed by atoms with van der Waals surface area (Å²) >= 11 is 0. The molecule has 0 bridgehead atoms. The van der Waals surface area contributed by atoms with Gasteiger partial charge in [-0.25, -0.2) is 0 Å². The molecule has 0 aromatic heterocycles. The molecule has 106 valence electrons. The Morgan fingerprint density at radius 3 is 2.74 bits per heavy atom. The van der Waals surface area contributed by atoms with E-state index < -0.39 is 0 Å². The Hall–Kier alpha value is -1.02. The highest BCUT2D eigenvalue weighted by atomic mass is 16.5. The summed E-state index contributed by atoms with van der Waals surface area (Å²) in [6.07, 6.45) is 4.89. The SMILES string of the molecule is COc1ccc(C)cc1CC1(CC(C)C)CCCN1. The molecule has 0 saturated carbocycles. The predicted molar refractivity (Wildman–Crippen MR) is 80.9 cm³/mol. The van der Waals surface area contributed by atoms with E-state index in [1.54, 1.807) is 7.11 Å². The summed E-state index contributed by atoms with van der Waals surface area (Å²) in [5, 5.41) is 3.77. The van der Waals surface area contributed by atoms with Crippen LogP contribution in [-0.4, -0.2) is 19.2 Å². The molecule has 1 heterocycles. The number of ether oxygens (including phenoxy) is 1. The highest BCUT2D eigenvalue weighted by molar-refractivity contribution is 5.38. The number of hydrogen-bond donors (Lipinski definition) is 1. The van der Waals surface area contributed by atoms with Crippen LogP contribution in [0.2, 0.25) is 0 Å². The van der Waals surface area contributed by atoms with Gasteiger partial charge in [-0.3, -0.25) is 0 Å². The van der Waals surface area contributed by atoms with Gasteiger partial charge in [0, 0.05) is 5.54 Å². The largest absolute Gasteiger partial charge is 0.496 e. The summed E-state index contributed by atoms with van der Waals surface area (Å²) in [7, 11) is 1.77. The van der Waals surface area contributed by atoms with Crippen LogP contribution in [0, 0.1) is 12.8 Å². The number of benzene rings is 1. The number of aryl methyl sites for hydroxylation is 1. The first-order chi connectivity index (χ1) is 9.04. The number of methoxy groups -OCH3 is 1. The minimum Gasteiger partial charge on any atom is -0.496 e. The van der Waals surface area contributed by atoms with E-state index in [9.17, 15) is 0 Å². The van der Waals surface area contributed by atoms with Crippen molar-refractivity contribution < 1.29 is 4.74 Å². The lowest BCUT2D eigenvalue weighted by Crippen LogP contribution is -2.43. The van der Waals surface area contributed by atoms with Crippen LogP contribution in [0.4, 0.5) is 0 Å². The Morgan fingerprint density at radius 2 is 2.16 bits per heavy atom. The maximum Gasteiger partial charge on any atom is 0.122 e. The van der Waals surface area contributed by atoms with E-state index in [-0.39, 0.29) is 5.54 Å². The van der Waals surface area contributed by atoms with E-state index in [1.165, 1.54) is 30.4 Å². The molecule has 0 spiro atoms. The molecule has 0 aliphatic carbocycles. The van der Waals surface area contributed by atoms with Gasteiger partial charge in [0.15, 0.2) is 0 Å². The van der Waals surface area contributed by atoms with Gasteiger partial charge in [-0.05, 0) is 56.7 Å². The molecule has 2 heteroatoms. The van der Waals surface area contributed by atoms with Crippen molar-refractivity contribution in [2.24, 2.45) is 5.92 Å². The topological polar surface area (TPSA) is 21.3 Å². The molecule has 19 heavy (non-hydrogen) atoms. The Bertz CT molecular complexity index is 419. The van der Waals surface area contributed by atoms with Crippen LogP contribution in [0.25, 0.3) is 0 Å². The van der Waals surface area contributed by atoms with Crippen molar-refractivity contribution in [3.63, 3.8) is 0 Å². The van der Waals surface area contributed by atoms with Crippen LogP contribution < -0.4 is 10.1 Å².